The van der Waals surface area contributed by atoms with Crippen LogP contribution in [0.4, 0.5) is 5.82 Å². The zero-order chi connectivity index (χ0) is 13.0. The molecule has 1 aromatic heterocycles. The van der Waals surface area contributed by atoms with Crippen molar-refractivity contribution in [2.45, 2.75) is 39.4 Å². The van der Waals surface area contributed by atoms with Crippen molar-refractivity contribution < 1.29 is 9.84 Å². The van der Waals surface area contributed by atoms with Crippen molar-refractivity contribution in [2.24, 2.45) is 0 Å². The molecule has 4 nitrogen and oxygen atoms in total. The topological polar surface area (TPSA) is 45.6 Å². The number of anilines is 1. The molecule has 18 heavy (non-hydrogen) atoms. The molecule has 2 rings (SSSR count). The third-order valence-electron chi connectivity index (χ3n) is 3.25. The Kier molecular flexibility index (Phi) is 4.55. The van der Waals surface area contributed by atoms with Crippen LogP contribution in [0.25, 0.3) is 0 Å². The lowest BCUT2D eigenvalue weighted by Crippen LogP contribution is -2.31. The lowest BCUT2D eigenvalue weighted by molar-refractivity contribution is 0.0820. The number of nitrogens with zero attached hydrogens (tertiary/aromatic N) is 2. The van der Waals surface area contributed by atoms with Crippen molar-refractivity contribution in [1.82, 2.24) is 4.98 Å². The summed E-state index contributed by atoms with van der Waals surface area (Å²) in [6, 6.07) is 3.96. The van der Waals surface area contributed by atoms with Crippen LogP contribution in [-0.2, 0) is 17.8 Å². The van der Waals surface area contributed by atoms with E-state index in [-0.39, 0.29) is 12.7 Å². The van der Waals surface area contributed by atoms with Crippen LogP contribution >= 0.6 is 0 Å². The van der Waals surface area contributed by atoms with Crippen LogP contribution in [-0.4, -0.2) is 35.9 Å². The van der Waals surface area contributed by atoms with Crippen molar-refractivity contribution in [3.8, 4) is 0 Å². The van der Waals surface area contributed by atoms with Crippen LogP contribution in [0.3, 0.4) is 0 Å². The highest BCUT2D eigenvalue weighted by Crippen LogP contribution is 2.18. The zero-order valence-corrected chi connectivity index (χ0v) is 11.2. The molecule has 1 aromatic rings. The molecule has 1 unspecified atom stereocenters. The molecule has 2 heterocycles. The standard InChI is InChI=1S/C14H22N2O2/c1-3-13-7-12(10-17)8-14(15-13)16-5-4-6-18-11(2)9-16/h7-8,11,17H,3-6,9-10H2,1-2H3. The molecule has 1 saturated heterocycles. The van der Waals surface area contributed by atoms with Crippen LogP contribution in [0.5, 0.6) is 0 Å². The van der Waals surface area contributed by atoms with Gasteiger partial charge in [0, 0.05) is 25.4 Å². The average Bonchev–Trinajstić information content (AvgIpc) is 2.62. The molecule has 1 aliphatic heterocycles. The fourth-order valence-electron chi connectivity index (χ4n) is 2.27. The molecule has 1 fully saturated rings. The molecular formula is C14H22N2O2. The van der Waals surface area contributed by atoms with E-state index < -0.39 is 0 Å². The van der Waals surface area contributed by atoms with Gasteiger partial charge in [-0.25, -0.2) is 4.98 Å². The van der Waals surface area contributed by atoms with E-state index in [0.29, 0.717) is 0 Å². The van der Waals surface area contributed by atoms with E-state index >= 15 is 0 Å². The molecule has 100 valence electrons. The number of aryl methyl sites for hydroxylation is 1. The van der Waals surface area contributed by atoms with Gasteiger partial charge in [0.05, 0.1) is 12.7 Å². The van der Waals surface area contributed by atoms with Gasteiger partial charge in [-0.05, 0) is 37.5 Å². The van der Waals surface area contributed by atoms with Crippen LogP contribution in [0.2, 0.25) is 0 Å². The molecule has 0 bridgehead atoms. The quantitative estimate of drug-likeness (QED) is 0.887. The van der Waals surface area contributed by atoms with Crippen LogP contribution in [0.1, 0.15) is 31.5 Å². The summed E-state index contributed by atoms with van der Waals surface area (Å²) in [7, 11) is 0. The Balaban J connectivity index is 2.24. The van der Waals surface area contributed by atoms with Gasteiger partial charge in [-0.2, -0.15) is 0 Å². The predicted octanol–water partition coefficient (Wildman–Crippen LogP) is 1.75. The van der Waals surface area contributed by atoms with Crippen molar-refractivity contribution in [3.63, 3.8) is 0 Å². The van der Waals surface area contributed by atoms with Crippen molar-refractivity contribution in [1.29, 1.82) is 0 Å². The normalized spacial score (nSPS) is 20.8. The maximum Gasteiger partial charge on any atom is 0.129 e. The first-order chi connectivity index (χ1) is 8.72. The summed E-state index contributed by atoms with van der Waals surface area (Å²) >= 11 is 0. The van der Waals surface area contributed by atoms with Crippen LogP contribution in [0, 0.1) is 0 Å². The van der Waals surface area contributed by atoms with Gasteiger partial charge in [0.15, 0.2) is 0 Å². The van der Waals surface area contributed by atoms with Gasteiger partial charge < -0.3 is 14.7 Å². The Hall–Kier alpha value is -1.13. The van der Waals surface area contributed by atoms with E-state index in [1.54, 1.807) is 0 Å². The van der Waals surface area contributed by atoms with Gasteiger partial charge in [-0.3, -0.25) is 0 Å². The molecular weight excluding hydrogens is 228 g/mol. The number of pyridine rings is 1. The van der Waals surface area contributed by atoms with Crippen LogP contribution < -0.4 is 4.90 Å². The maximum atomic E-state index is 9.32. The summed E-state index contributed by atoms with van der Waals surface area (Å²) in [6.45, 7) is 6.90. The summed E-state index contributed by atoms with van der Waals surface area (Å²) in [5.41, 5.74) is 1.98. The van der Waals surface area contributed by atoms with E-state index in [0.717, 1.165) is 49.6 Å². The summed E-state index contributed by atoms with van der Waals surface area (Å²) in [6.07, 6.45) is 2.15. The third-order valence-corrected chi connectivity index (χ3v) is 3.25. The van der Waals surface area contributed by atoms with Gasteiger partial charge >= 0.3 is 0 Å². The van der Waals surface area contributed by atoms with Gasteiger partial charge in [-0.15, -0.1) is 0 Å². The molecule has 1 atom stereocenters. The zero-order valence-electron chi connectivity index (χ0n) is 11.2. The van der Waals surface area contributed by atoms with Gasteiger partial charge in [0.2, 0.25) is 0 Å². The highest BCUT2D eigenvalue weighted by molar-refractivity contribution is 5.43. The Bertz CT molecular complexity index is 373. The average molecular weight is 250 g/mol. The molecule has 0 amide bonds. The first kappa shape index (κ1) is 13.3. The third kappa shape index (κ3) is 3.21. The molecule has 0 saturated carbocycles. The second-order valence-electron chi connectivity index (χ2n) is 4.82. The lowest BCUT2D eigenvalue weighted by atomic mass is 10.2. The molecule has 1 aliphatic rings. The number of aromatic nitrogens is 1. The lowest BCUT2D eigenvalue weighted by Gasteiger charge is -2.24. The number of rotatable bonds is 3. The van der Waals surface area contributed by atoms with Crippen LogP contribution in [0.15, 0.2) is 12.1 Å². The molecule has 1 N–H and O–H groups in total. The number of ether oxygens (including phenoxy) is 1. The van der Waals surface area contributed by atoms with Gasteiger partial charge in [0.1, 0.15) is 5.82 Å². The molecule has 0 aliphatic carbocycles. The Morgan fingerprint density at radius 3 is 3.06 bits per heavy atom. The highest BCUT2D eigenvalue weighted by Gasteiger charge is 2.17. The Labute approximate surface area is 109 Å². The minimum Gasteiger partial charge on any atom is -0.392 e. The molecule has 4 heteroatoms. The summed E-state index contributed by atoms with van der Waals surface area (Å²) in [4.78, 5) is 6.92. The first-order valence-corrected chi connectivity index (χ1v) is 6.70. The number of aliphatic hydroxyl groups excluding tert-OH is 1. The van der Waals surface area contributed by atoms with Gasteiger partial charge in [0.25, 0.3) is 0 Å². The van der Waals surface area contributed by atoms with E-state index in [2.05, 4.69) is 23.7 Å². The minimum absolute atomic E-state index is 0.0718. The first-order valence-electron chi connectivity index (χ1n) is 6.70. The smallest absolute Gasteiger partial charge is 0.129 e. The van der Waals surface area contributed by atoms with Crippen molar-refractivity contribution >= 4 is 5.82 Å². The summed E-state index contributed by atoms with van der Waals surface area (Å²) < 4.78 is 5.65. The Morgan fingerprint density at radius 1 is 1.50 bits per heavy atom. The fraction of sp³-hybridized carbons (Fsp3) is 0.643. The fourth-order valence-corrected chi connectivity index (χ4v) is 2.27. The predicted molar refractivity (Wildman–Crippen MR) is 71.8 cm³/mol. The van der Waals surface area contributed by atoms with Crippen molar-refractivity contribution in [2.75, 3.05) is 24.6 Å². The molecule has 0 spiro atoms. The van der Waals surface area contributed by atoms with E-state index in [1.807, 2.05) is 12.1 Å². The number of hydrogen-bond acceptors (Lipinski definition) is 4. The molecule has 0 aromatic carbocycles. The van der Waals surface area contributed by atoms with Gasteiger partial charge in [-0.1, -0.05) is 6.92 Å². The second-order valence-corrected chi connectivity index (χ2v) is 4.82. The molecule has 0 radical (unpaired) electrons. The Morgan fingerprint density at radius 2 is 2.33 bits per heavy atom. The summed E-state index contributed by atoms with van der Waals surface area (Å²) in [5.74, 6) is 0.968. The number of hydrogen-bond donors (Lipinski definition) is 1. The highest BCUT2D eigenvalue weighted by atomic mass is 16.5. The van der Waals surface area contributed by atoms with E-state index in [1.165, 1.54) is 0 Å². The van der Waals surface area contributed by atoms with E-state index in [4.69, 9.17) is 4.74 Å². The second kappa shape index (κ2) is 6.16. The SMILES string of the molecule is CCc1cc(CO)cc(N2CCCOC(C)C2)n1. The largest absolute Gasteiger partial charge is 0.392 e. The number of aliphatic hydroxyl groups is 1. The monoisotopic (exact) mass is 250 g/mol. The maximum absolute atomic E-state index is 9.32. The minimum atomic E-state index is 0.0718. The van der Waals surface area contributed by atoms with E-state index in [9.17, 15) is 5.11 Å². The summed E-state index contributed by atoms with van der Waals surface area (Å²) in [5, 5.41) is 9.32. The van der Waals surface area contributed by atoms with Crippen molar-refractivity contribution in [3.05, 3.63) is 23.4 Å².